The molecule has 1 saturated heterocycles. The topological polar surface area (TPSA) is 118 Å². The van der Waals surface area contributed by atoms with E-state index in [0.29, 0.717) is 6.42 Å². The summed E-state index contributed by atoms with van der Waals surface area (Å²) in [5.41, 5.74) is -0.000863. The van der Waals surface area contributed by atoms with Crippen molar-refractivity contribution in [2.75, 3.05) is 32.1 Å². The molecule has 1 heterocycles. The summed E-state index contributed by atoms with van der Waals surface area (Å²) in [5.74, 6) is -1.39. The highest BCUT2D eigenvalue weighted by Gasteiger charge is 2.36. The summed E-state index contributed by atoms with van der Waals surface area (Å²) in [6.45, 7) is 3.43. The van der Waals surface area contributed by atoms with Gasteiger partial charge in [0.1, 0.15) is 0 Å². The predicted octanol–water partition coefficient (Wildman–Crippen LogP) is 0.518. The lowest BCUT2D eigenvalue weighted by Gasteiger charge is -2.29. The molecule has 2 unspecified atom stereocenters. The standard InChI is InChI=1S/C18H26N2O7S2/c1-5-20(15-9-10-28(23,24)12-15)17(21)13(2)27-18(22)14-7-6-8-16(11-14)29(25,26)19(3)4/h6-8,11,13,15H,5,9-10,12H2,1-4H3. The van der Waals surface area contributed by atoms with Crippen LogP contribution in [-0.4, -0.2) is 82.2 Å². The van der Waals surface area contributed by atoms with Crippen molar-refractivity contribution in [3.8, 4) is 0 Å². The maximum Gasteiger partial charge on any atom is 0.338 e. The maximum atomic E-state index is 12.7. The minimum Gasteiger partial charge on any atom is -0.449 e. The number of hydrogen-bond acceptors (Lipinski definition) is 7. The molecule has 29 heavy (non-hydrogen) atoms. The average Bonchev–Trinajstić information content (AvgIpc) is 3.01. The van der Waals surface area contributed by atoms with Crippen molar-refractivity contribution >= 4 is 31.7 Å². The summed E-state index contributed by atoms with van der Waals surface area (Å²) < 4.78 is 54.1. The van der Waals surface area contributed by atoms with Crippen LogP contribution in [0.4, 0.5) is 0 Å². The van der Waals surface area contributed by atoms with E-state index in [-0.39, 0.29) is 28.5 Å². The van der Waals surface area contributed by atoms with Gasteiger partial charge in [0.25, 0.3) is 5.91 Å². The van der Waals surface area contributed by atoms with Crippen molar-refractivity contribution in [2.45, 2.75) is 37.3 Å². The minimum absolute atomic E-state index is 0.000863. The molecule has 1 aliphatic heterocycles. The quantitative estimate of drug-likeness (QED) is 0.560. The molecule has 2 atom stereocenters. The van der Waals surface area contributed by atoms with Gasteiger partial charge in [-0.1, -0.05) is 6.07 Å². The summed E-state index contributed by atoms with van der Waals surface area (Å²) in [6.07, 6.45) is -0.785. The average molecular weight is 447 g/mol. The van der Waals surface area contributed by atoms with Gasteiger partial charge >= 0.3 is 5.97 Å². The van der Waals surface area contributed by atoms with E-state index in [1.54, 1.807) is 6.92 Å². The van der Waals surface area contributed by atoms with Crippen LogP contribution in [0.1, 0.15) is 30.6 Å². The first kappa shape index (κ1) is 23.3. The van der Waals surface area contributed by atoms with Crippen LogP contribution in [0.25, 0.3) is 0 Å². The van der Waals surface area contributed by atoms with Crippen molar-refractivity contribution in [1.29, 1.82) is 0 Å². The number of amides is 1. The van der Waals surface area contributed by atoms with Gasteiger partial charge in [-0.25, -0.2) is 25.9 Å². The van der Waals surface area contributed by atoms with Gasteiger partial charge in [0.15, 0.2) is 15.9 Å². The molecule has 1 aromatic rings. The van der Waals surface area contributed by atoms with Crippen molar-refractivity contribution in [3.05, 3.63) is 29.8 Å². The number of carbonyl (C=O) groups excluding carboxylic acids is 2. The molecule has 1 aromatic carbocycles. The smallest absolute Gasteiger partial charge is 0.338 e. The number of benzene rings is 1. The number of esters is 1. The highest BCUT2D eigenvalue weighted by Crippen LogP contribution is 2.20. The highest BCUT2D eigenvalue weighted by molar-refractivity contribution is 7.91. The summed E-state index contributed by atoms with van der Waals surface area (Å²) in [7, 11) is -4.13. The second-order valence-corrected chi connectivity index (χ2v) is 11.4. The fraction of sp³-hybridized carbons (Fsp3) is 0.556. The third kappa shape index (κ3) is 5.34. The third-order valence-electron chi connectivity index (χ3n) is 4.75. The van der Waals surface area contributed by atoms with Crippen molar-refractivity contribution < 1.29 is 31.2 Å². The molecule has 2 rings (SSSR count). The van der Waals surface area contributed by atoms with E-state index in [1.165, 1.54) is 50.2 Å². The van der Waals surface area contributed by atoms with Gasteiger partial charge in [0.05, 0.1) is 22.0 Å². The number of sulfonamides is 1. The molecule has 0 N–H and O–H groups in total. The number of ether oxygens (including phenoxy) is 1. The molecule has 1 amide bonds. The third-order valence-corrected chi connectivity index (χ3v) is 8.31. The van der Waals surface area contributed by atoms with E-state index in [0.717, 1.165) is 4.31 Å². The Morgan fingerprint density at radius 2 is 1.93 bits per heavy atom. The van der Waals surface area contributed by atoms with Crippen LogP contribution in [-0.2, 0) is 29.4 Å². The Hall–Kier alpha value is -1.98. The molecule has 162 valence electrons. The van der Waals surface area contributed by atoms with Crippen LogP contribution in [0.3, 0.4) is 0 Å². The molecule has 1 fully saturated rings. The van der Waals surface area contributed by atoms with Crippen molar-refractivity contribution in [2.24, 2.45) is 0 Å². The Kier molecular flexibility index (Phi) is 7.07. The largest absolute Gasteiger partial charge is 0.449 e. The summed E-state index contributed by atoms with van der Waals surface area (Å²) in [4.78, 5) is 26.5. The van der Waals surface area contributed by atoms with E-state index in [1.807, 2.05) is 0 Å². The van der Waals surface area contributed by atoms with Crippen molar-refractivity contribution in [1.82, 2.24) is 9.21 Å². The van der Waals surface area contributed by atoms with E-state index in [4.69, 9.17) is 4.74 Å². The molecule has 9 nitrogen and oxygen atoms in total. The minimum atomic E-state index is -3.72. The van der Waals surface area contributed by atoms with Gasteiger partial charge in [0, 0.05) is 26.7 Å². The molecule has 0 saturated carbocycles. The number of carbonyl (C=O) groups is 2. The van der Waals surface area contributed by atoms with Gasteiger partial charge in [0.2, 0.25) is 10.0 Å². The molecule has 11 heteroatoms. The number of sulfone groups is 1. The molecular formula is C18H26N2O7S2. The zero-order valence-corrected chi connectivity index (χ0v) is 18.5. The van der Waals surface area contributed by atoms with Gasteiger partial charge < -0.3 is 9.64 Å². The Bertz CT molecular complexity index is 987. The molecule has 0 aliphatic carbocycles. The lowest BCUT2D eigenvalue weighted by molar-refractivity contribution is -0.141. The monoisotopic (exact) mass is 446 g/mol. The van der Waals surface area contributed by atoms with E-state index in [9.17, 15) is 26.4 Å². The fourth-order valence-corrected chi connectivity index (χ4v) is 5.80. The van der Waals surface area contributed by atoms with Crippen LogP contribution in [0.5, 0.6) is 0 Å². The first-order chi connectivity index (χ1) is 13.4. The summed E-state index contributed by atoms with van der Waals surface area (Å²) in [6, 6.07) is 4.93. The fourth-order valence-electron chi connectivity index (χ4n) is 3.12. The number of hydrogen-bond donors (Lipinski definition) is 0. The zero-order chi connectivity index (χ0) is 22.0. The lowest BCUT2D eigenvalue weighted by atomic mass is 10.2. The van der Waals surface area contributed by atoms with Crippen LogP contribution < -0.4 is 0 Å². The van der Waals surface area contributed by atoms with Gasteiger partial charge in [-0.15, -0.1) is 0 Å². The SMILES string of the molecule is CCN(C(=O)C(C)OC(=O)c1cccc(S(=O)(=O)N(C)C)c1)C1CCS(=O)(=O)C1. The Balaban J connectivity index is 2.13. The normalized spacial score (nSPS) is 19.7. The molecular weight excluding hydrogens is 420 g/mol. The molecule has 0 aromatic heterocycles. The maximum absolute atomic E-state index is 12.7. The van der Waals surface area contributed by atoms with Crippen LogP contribution in [0.15, 0.2) is 29.2 Å². The number of nitrogens with zero attached hydrogens (tertiary/aromatic N) is 2. The summed E-state index contributed by atoms with van der Waals surface area (Å²) >= 11 is 0. The summed E-state index contributed by atoms with van der Waals surface area (Å²) in [5, 5.41) is 0. The van der Waals surface area contributed by atoms with Crippen molar-refractivity contribution in [3.63, 3.8) is 0 Å². The predicted molar refractivity (Wildman–Crippen MR) is 107 cm³/mol. The van der Waals surface area contributed by atoms with Crippen LogP contribution in [0.2, 0.25) is 0 Å². The second kappa shape index (κ2) is 8.80. The number of likely N-dealkylation sites (N-methyl/N-ethyl adjacent to an activating group) is 1. The zero-order valence-electron chi connectivity index (χ0n) is 16.9. The first-order valence-corrected chi connectivity index (χ1v) is 12.4. The van der Waals surface area contributed by atoms with Crippen LogP contribution in [0, 0.1) is 0 Å². The van der Waals surface area contributed by atoms with Gasteiger partial charge in [-0.2, -0.15) is 0 Å². The Labute approximate surface area is 171 Å². The van der Waals surface area contributed by atoms with Gasteiger partial charge in [-0.05, 0) is 38.5 Å². The lowest BCUT2D eigenvalue weighted by Crippen LogP contribution is -2.46. The second-order valence-electron chi connectivity index (χ2n) is 7.04. The highest BCUT2D eigenvalue weighted by atomic mass is 32.2. The van der Waals surface area contributed by atoms with E-state index in [2.05, 4.69) is 0 Å². The van der Waals surface area contributed by atoms with Crippen LogP contribution >= 0.6 is 0 Å². The molecule has 0 spiro atoms. The first-order valence-electron chi connectivity index (χ1n) is 9.13. The van der Waals surface area contributed by atoms with E-state index < -0.39 is 43.9 Å². The number of rotatable bonds is 7. The molecule has 0 radical (unpaired) electrons. The Morgan fingerprint density at radius 1 is 1.28 bits per heavy atom. The van der Waals surface area contributed by atoms with Gasteiger partial charge in [-0.3, -0.25) is 4.79 Å². The molecule has 0 bridgehead atoms. The molecule has 1 aliphatic rings. The van der Waals surface area contributed by atoms with E-state index >= 15 is 0 Å². The Morgan fingerprint density at radius 3 is 2.45 bits per heavy atom.